The van der Waals surface area contributed by atoms with Crippen LogP contribution < -0.4 is 0 Å². The zero-order valence-corrected chi connectivity index (χ0v) is 15.8. The van der Waals surface area contributed by atoms with E-state index in [1.807, 2.05) is 9.58 Å². The Morgan fingerprint density at radius 1 is 1.00 bits per heavy atom. The molecule has 28 heavy (non-hydrogen) atoms. The average Bonchev–Trinajstić information content (AvgIpc) is 3.37. The Kier molecular flexibility index (Phi) is 5.36. The molecule has 0 bridgehead atoms. The number of carbonyl (C=O) groups is 2. The predicted octanol–water partition coefficient (Wildman–Crippen LogP) is 1.56. The minimum atomic E-state index is -0.360. The topological polar surface area (TPSA) is 71.3 Å². The second-order valence-electron chi connectivity index (χ2n) is 7.38. The number of halogens is 1. The van der Waals surface area contributed by atoms with Gasteiger partial charge in [0.2, 0.25) is 11.8 Å². The Morgan fingerprint density at radius 3 is 2.57 bits per heavy atom. The van der Waals surface area contributed by atoms with E-state index in [2.05, 4.69) is 10.3 Å². The summed E-state index contributed by atoms with van der Waals surface area (Å²) in [4.78, 5) is 28.6. The van der Waals surface area contributed by atoms with Crippen LogP contribution in [-0.2, 0) is 35.5 Å². The number of rotatable bonds is 5. The number of aryl methyl sites for hydroxylation is 1. The molecule has 0 radical (unpaired) electrons. The highest BCUT2D eigenvalue weighted by atomic mass is 19.1. The minimum Gasteiger partial charge on any atom is -0.343 e. The van der Waals surface area contributed by atoms with Crippen LogP contribution in [0.15, 0.2) is 24.3 Å². The zero-order chi connectivity index (χ0) is 19.5. The summed E-state index contributed by atoms with van der Waals surface area (Å²) in [5, 5.41) is 8.40. The molecule has 1 aromatic heterocycles. The molecule has 0 N–H and O–H groups in total. The lowest BCUT2D eigenvalue weighted by molar-refractivity contribution is -0.132. The Bertz CT molecular complexity index is 875. The van der Waals surface area contributed by atoms with Crippen molar-refractivity contribution in [2.45, 2.75) is 45.2 Å². The van der Waals surface area contributed by atoms with Crippen molar-refractivity contribution in [2.75, 3.05) is 19.6 Å². The molecule has 2 aliphatic heterocycles. The second kappa shape index (κ2) is 8.08. The molecule has 2 aromatic rings. The van der Waals surface area contributed by atoms with Gasteiger partial charge in [0.05, 0.1) is 30.9 Å². The Labute approximate surface area is 163 Å². The van der Waals surface area contributed by atoms with Gasteiger partial charge >= 0.3 is 0 Å². The normalized spacial score (nSPS) is 16.3. The van der Waals surface area contributed by atoms with Gasteiger partial charge in [0.1, 0.15) is 5.82 Å². The first kappa shape index (κ1) is 18.6. The van der Waals surface area contributed by atoms with Crippen molar-refractivity contribution in [1.82, 2.24) is 24.8 Å². The summed E-state index contributed by atoms with van der Waals surface area (Å²) in [7, 11) is 0. The molecule has 2 aliphatic rings. The highest BCUT2D eigenvalue weighted by Gasteiger charge is 2.26. The van der Waals surface area contributed by atoms with Gasteiger partial charge < -0.3 is 9.80 Å². The van der Waals surface area contributed by atoms with Gasteiger partial charge in [0.15, 0.2) is 0 Å². The standard InChI is InChI=1S/C20H24FN5O2/c21-16-6-2-1-5-15(16)13-20(28)25-11-12-26-18(14-25)17(22-23-26)7-8-19(27)24-9-3-4-10-24/h1-2,5-6H,3-4,7-14H2. The summed E-state index contributed by atoms with van der Waals surface area (Å²) in [6.45, 7) is 3.17. The molecule has 0 saturated carbocycles. The first-order chi connectivity index (χ1) is 13.6. The van der Waals surface area contributed by atoms with Gasteiger partial charge in [-0.3, -0.25) is 9.59 Å². The van der Waals surface area contributed by atoms with Crippen LogP contribution in [0.25, 0.3) is 0 Å². The van der Waals surface area contributed by atoms with Crippen LogP contribution >= 0.6 is 0 Å². The molecule has 1 saturated heterocycles. The quantitative estimate of drug-likeness (QED) is 0.783. The number of likely N-dealkylation sites (tertiary alicyclic amines) is 1. The van der Waals surface area contributed by atoms with Crippen LogP contribution in [0, 0.1) is 5.82 Å². The maximum absolute atomic E-state index is 13.8. The molecule has 0 spiro atoms. The SMILES string of the molecule is O=C(CCc1nnn2c1CN(C(=O)Cc1ccccc1F)CC2)N1CCCC1. The van der Waals surface area contributed by atoms with Gasteiger partial charge in [0, 0.05) is 32.5 Å². The Morgan fingerprint density at radius 2 is 1.79 bits per heavy atom. The zero-order valence-electron chi connectivity index (χ0n) is 15.8. The van der Waals surface area contributed by atoms with Crippen LogP contribution in [0.3, 0.4) is 0 Å². The van der Waals surface area contributed by atoms with Crippen LogP contribution in [0.2, 0.25) is 0 Å². The molecule has 8 heteroatoms. The fourth-order valence-electron chi connectivity index (χ4n) is 3.87. The van der Waals surface area contributed by atoms with Crippen molar-refractivity contribution in [2.24, 2.45) is 0 Å². The van der Waals surface area contributed by atoms with Crippen LogP contribution in [0.5, 0.6) is 0 Å². The summed E-state index contributed by atoms with van der Waals surface area (Å²) >= 11 is 0. The molecule has 1 aromatic carbocycles. The molecule has 148 valence electrons. The largest absolute Gasteiger partial charge is 0.343 e. The predicted molar refractivity (Wildman–Crippen MR) is 99.7 cm³/mol. The number of hydrogen-bond donors (Lipinski definition) is 0. The molecule has 4 rings (SSSR count). The van der Waals surface area contributed by atoms with Crippen LogP contribution in [0.4, 0.5) is 4.39 Å². The molecule has 3 heterocycles. The minimum absolute atomic E-state index is 0.0387. The highest BCUT2D eigenvalue weighted by molar-refractivity contribution is 5.79. The fraction of sp³-hybridized carbons (Fsp3) is 0.500. The van der Waals surface area contributed by atoms with Crippen LogP contribution in [0.1, 0.15) is 36.2 Å². The molecular weight excluding hydrogens is 361 g/mol. The van der Waals surface area contributed by atoms with Crippen molar-refractivity contribution < 1.29 is 14.0 Å². The maximum atomic E-state index is 13.8. The van der Waals surface area contributed by atoms with E-state index in [0.29, 0.717) is 38.0 Å². The number of aromatic nitrogens is 3. The maximum Gasteiger partial charge on any atom is 0.227 e. The lowest BCUT2D eigenvalue weighted by Gasteiger charge is -2.28. The number of benzene rings is 1. The van der Waals surface area contributed by atoms with Crippen molar-refractivity contribution in [3.8, 4) is 0 Å². The van der Waals surface area contributed by atoms with Crippen molar-refractivity contribution >= 4 is 11.8 Å². The highest BCUT2D eigenvalue weighted by Crippen LogP contribution is 2.19. The lowest BCUT2D eigenvalue weighted by atomic mass is 10.1. The number of hydrogen-bond acceptors (Lipinski definition) is 4. The first-order valence-corrected chi connectivity index (χ1v) is 9.82. The van der Waals surface area contributed by atoms with Gasteiger partial charge in [-0.2, -0.15) is 0 Å². The summed E-state index contributed by atoms with van der Waals surface area (Å²) in [5.41, 5.74) is 2.06. The monoisotopic (exact) mass is 385 g/mol. The number of amides is 2. The van der Waals surface area contributed by atoms with Gasteiger partial charge in [-0.1, -0.05) is 23.4 Å². The number of nitrogens with zero attached hydrogens (tertiary/aromatic N) is 5. The summed E-state index contributed by atoms with van der Waals surface area (Å²) < 4.78 is 15.7. The van der Waals surface area contributed by atoms with E-state index in [4.69, 9.17) is 0 Å². The van der Waals surface area contributed by atoms with Gasteiger partial charge in [-0.25, -0.2) is 9.07 Å². The van der Waals surface area contributed by atoms with E-state index in [-0.39, 0.29) is 24.1 Å². The smallest absolute Gasteiger partial charge is 0.227 e. The number of carbonyl (C=O) groups excluding carboxylic acids is 2. The molecule has 0 atom stereocenters. The van der Waals surface area contributed by atoms with Gasteiger partial charge in [0.25, 0.3) is 0 Å². The Balaban J connectivity index is 1.39. The molecule has 0 aliphatic carbocycles. The third-order valence-corrected chi connectivity index (χ3v) is 5.53. The average molecular weight is 385 g/mol. The van der Waals surface area contributed by atoms with E-state index in [1.165, 1.54) is 6.07 Å². The van der Waals surface area contributed by atoms with Gasteiger partial charge in [-0.15, -0.1) is 5.10 Å². The molecule has 1 fully saturated rings. The number of fused-ring (bicyclic) bond motifs is 1. The van der Waals surface area contributed by atoms with Crippen molar-refractivity contribution in [3.05, 3.63) is 47.0 Å². The second-order valence-corrected chi connectivity index (χ2v) is 7.38. The van der Waals surface area contributed by atoms with Gasteiger partial charge in [-0.05, 0) is 24.5 Å². The third kappa shape index (κ3) is 3.90. The summed E-state index contributed by atoms with van der Waals surface area (Å²) in [6.07, 6.45) is 3.13. The van der Waals surface area contributed by atoms with E-state index in [0.717, 1.165) is 37.3 Å². The molecular formula is C20H24FN5O2. The Hall–Kier alpha value is -2.77. The van der Waals surface area contributed by atoms with Crippen molar-refractivity contribution in [1.29, 1.82) is 0 Å². The lowest BCUT2D eigenvalue weighted by Crippen LogP contribution is -2.39. The molecule has 2 amide bonds. The molecule has 7 nitrogen and oxygen atoms in total. The van der Waals surface area contributed by atoms with E-state index in [9.17, 15) is 14.0 Å². The molecule has 0 unspecified atom stereocenters. The van der Waals surface area contributed by atoms with Crippen molar-refractivity contribution in [3.63, 3.8) is 0 Å². The fourth-order valence-corrected chi connectivity index (χ4v) is 3.87. The summed E-state index contributed by atoms with van der Waals surface area (Å²) in [6, 6.07) is 6.35. The third-order valence-electron chi connectivity index (χ3n) is 5.53. The van der Waals surface area contributed by atoms with E-state index in [1.54, 1.807) is 23.1 Å². The first-order valence-electron chi connectivity index (χ1n) is 9.82. The van der Waals surface area contributed by atoms with E-state index >= 15 is 0 Å². The summed E-state index contributed by atoms with van der Waals surface area (Å²) in [5.74, 6) is -0.320. The van der Waals surface area contributed by atoms with Crippen LogP contribution in [-0.4, -0.2) is 56.2 Å². The van der Waals surface area contributed by atoms with E-state index < -0.39 is 0 Å².